The van der Waals surface area contributed by atoms with Crippen molar-refractivity contribution < 1.29 is 9.53 Å². The van der Waals surface area contributed by atoms with Crippen molar-refractivity contribution in [3.05, 3.63) is 36.2 Å². The summed E-state index contributed by atoms with van der Waals surface area (Å²) in [6.45, 7) is 3.43. The summed E-state index contributed by atoms with van der Waals surface area (Å²) < 4.78 is 5.57. The van der Waals surface area contributed by atoms with Crippen LogP contribution >= 0.6 is 0 Å². The topological polar surface area (TPSA) is 81.3 Å². The number of aromatic nitrogens is 2. The van der Waals surface area contributed by atoms with Crippen molar-refractivity contribution in [1.82, 2.24) is 14.9 Å². The quantitative estimate of drug-likeness (QED) is 0.884. The van der Waals surface area contributed by atoms with Crippen LogP contribution in [0.1, 0.15) is 17.4 Å². The number of rotatable bonds is 2. The Morgan fingerprint density at radius 2 is 2.19 bits per heavy atom. The largest absolute Gasteiger partial charge is 0.373 e. The van der Waals surface area contributed by atoms with E-state index in [1.165, 1.54) is 6.20 Å². The Balaban J connectivity index is 1.82. The lowest BCUT2D eigenvalue weighted by atomic mass is 10.1. The number of amides is 1. The van der Waals surface area contributed by atoms with Crippen molar-refractivity contribution in [2.45, 2.75) is 19.1 Å². The minimum atomic E-state index is -0.129. The Kier molecular flexibility index (Phi) is 3.81. The molecule has 1 amide bonds. The zero-order valence-electron chi connectivity index (χ0n) is 11.9. The molecule has 0 aliphatic carbocycles. The van der Waals surface area contributed by atoms with Crippen LogP contribution in [-0.4, -0.2) is 52.6 Å². The lowest BCUT2D eigenvalue weighted by Gasteiger charge is -2.34. The van der Waals surface area contributed by atoms with Gasteiger partial charge >= 0.3 is 0 Å². The molecule has 2 atom stereocenters. The number of fused-ring (bicyclic) bond motifs is 1. The highest BCUT2D eigenvalue weighted by Gasteiger charge is 2.27. The molecular formula is C15H18N4O2. The average Bonchev–Trinajstić information content (AvgIpc) is 2.53. The van der Waals surface area contributed by atoms with Gasteiger partial charge in [0.25, 0.3) is 5.91 Å². The smallest absolute Gasteiger partial charge is 0.274 e. The molecule has 21 heavy (non-hydrogen) atoms. The molecule has 1 saturated heterocycles. The molecule has 3 rings (SSSR count). The van der Waals surface area contributed by atoms with Crippen molar-refractivity contribution in [2.75, 3.05) is 19.7 Å². The molecule has 0 bridgehead atoms. The number of morpholine rings is 1. The second-order valence-corrected chi connectivity index (χ2v) is 5.26. The van der Waals surface area contributed by atoms with Gasteiger partial charge in [0, 0.05) is 19.1 Å². The molecular weight excluding hydrogens is 268 g/mol. The van der Waals surface area contributed by atoms with Gasteiger partial charge in [0.1, 0.15) is 5.69 Å². The van der Waals surface area contributed by atoms with E-state index in [4.69, 9.17) is 10.5 Å². The summed E-state index contributed by atoms with van der Waals surface area (Å²) in [4.78, 5) is 23.0. The van der Waals surface area contributed by atoms with E-state index in [1.54, 1.807) is 4.90 Å². The second kappa shape index (κ2) is 5.75. The van der Waals surface area contributed by atoms with E-state index in [-0.39, 0.29) is 18.1 Å². The Labute approximate surface area is 122 Å². The Hall–Kier alpha value is -2.05. The number of hydrogen-bond donors (Lipinski definition) is 1. The molecule has 0 radical (unpaired) electrons. The third-order valence-electron chi connectivity index (χ3n) is 3.63. The van der Waals surface area contributed by atoms with Crippen LogP contribution in [0.3, 0.4) is 0 Å². The number of nitrogens with zero attached hydrogens (tertiary/aromatic N) is 3. The molecule has 1 fully saturated rings. The Morgan fingerprint density at radius 1 is 1.43 bits per heavy atom. The van der Waals surface area contributed by atoms with E-state index in [9.17, 15) is 4.79 Å². The molecule has 6 nitrogen and oxygen atoms in total. The number of nitrogens with two attached hydrogens (primary N) is 1. The SMILES string of the molecule is CC(N)C1CN(C(=O)c2cnc3ccccc3n2)CCO1. The Morgan fingerprint density at radius 3 is 2.95 bits per heavy atom. The summed E-state index contributed by atoms with van der Waals surface area (Å²) in [5.74, 6) is -0.123. The third-order valence-corrected chi connectivity index (χ3v) is 3.63. The summed E-state index contributed by atoms with van der Waals surface area (Å²) in [7, 11) is 0. The van der Waals surface area contributed by atoms with Gasteiger partial charge in [-0.15, -0.1) is 0 Å². The molecule has 2 N–H and O–H groups in total. The molecule has 1 aliphatic heterocycles. The fourth-order valence-electron chi connectivity index (χ4n) is 2.40. The van der Waals surface area contributed by atoms with E-state index in [0.29, 0.717) is 25.4 Å². The predicted molar refractivity (Wildman–Crippen MR) is 78.8 cm³/mol. The molecule has 1 aliphatic rings. The van der Waals surface area contributed by atoms with Crippen molar-refractivity contribution in [3.8, 4) is 0 Å². The molecule has 1 aromatic heterocycles. The van der Waals surface area contributed by atoms with E-state index in [2.05, 4.69) is 9.97 Å². The highest BCUT2D eigenvalue weighted by atomic mass is 16.5. The lowest BCUT2D eigenvalue weighted by molar-refractivity contribution is -0.0301. The molecule has 0 spiro atoms. The summed E-state index contributed by atoms with van der Waals surface area (Å²) in [5.41, 5.74) is 7.72. The normalized spacial score (nSPS) is 20.5. The van der Waals surface area contributed by atoms with E-state index in [1.807, 2.05) is 31.2 Å². The first-order chi connectivity index (χ1) is 10.1. The monoisotopic (exact) mass is 286 g/mol. The number of ether oxygens (including phenoxy) is 1. The average molecular weight is 286 g/mol. The van der Waals surface area contributed by atoms with Gasteiger partial charge in [-0.25, -0.2) is 4.98 Å². The van der Waals surface area contributed by atoms with Gasteiger partial charge < -0.3 is 15.4 Å². The summed E-state index contributed by atoms with van der Waals surface area (Å²) in [5, 5.41) is 0. The van der Waals surface area contributed by atoms with Gasteiger partial charge in [-0.05, 0) is 19.1 Å². The number of carbonyl (C=O) groups is 1. The minimum absolute atomic E-state index is 0.108. The fourth-order valence-corrected chi connectivity index (χ4v) is 2.40. The molecule has 1 aromatic carbocycles. The summed E-state index contributed by atoms with van der Waals surface area (Å²) in [6, 6.07) is 7.39. The van der Waals surface area contributed by atoms with Crippen LogP contribution < -0.4 is 5.73 Å². The van der Waals surface area contributed by atoms with Crippen molar-refractivity contribution >= 4 is 16.9 Å². The zero-order valence-corrected chi connectivity index (χ0v) is 11.9. The Bertz CT molecular complexity index is 659. The number of hydrogen-bond acceptors (Lipinski definition) is 5. The highest BCUT2D eigenvalue weighted by Crippen LogP contribution is 2.13. The van der Waals surface area contributed by atoms with Crippen LogP contribution in [-0.2, 0) is 4.74 Å². The summed E-state index contributed by atoms with van der Waals surface area (Å²) in [6.07, 6.45) is 1.40. The van der Waals surface area contributed by atoms with Gasteiger partial charge in [-0.3, -0.25) is 9.78 Å². The van der Waals surface area contributed by atoms with E-state index < -0.39 is 0 Å². The van der Waals surface area contributed by atoms with Gasteiger partial charge in [-0.2, -0.15) is 0 Å². The standard InChI is InChI=1S/C15H18N4O2/c1-10(16)14-9-19(6-7-21-14)15(20)13-8-17-11-4-2-3-5-12(11)18-13/h2-5,8,10,14H,6-7,9,16H2,1H3. The highest BCUT2D eigenvalue weighted by molar-refractivity contribution is 5.93. The maximum Gasteiger partial charge on any atom is 0.274 e. The maximum absolute atomic E-state index is 12.5. The number of carbonyl (C=O) groups excluding carboxylic acids is 1. The molecule has 2 aromatic rings. The zero-order chi connectivity index (χ0) is 14.8. The first-order valence-electron chi connectivity index (χ1n) is 7.03. The van der Waals surface area contributed by atoms with Crippen molar-refractivity contribution in [2.24, 2.45) is 5.73 Å². The predicted octanol–water partition coefficient (Wildman–Crippen LogP) is 0.818. The first kappa shape index (κ1) is 13.9. The van der Waals surface area contributed by atoms with Crippen LogP contribution in [0, 0.1) is 0 Å². The molecule has 2 heterocycles. The van der Waals surface area contributed by atoms with Gasteiger partial charge in [-0.1, -0.05) is 12.1 Å². The molecule has 0 saturated carbocycles. The number of para-hydroxylation sites is 2. The van der Waals surface area contributed by atoms with Crippen LogP contribution in [0.2, 0.25) is 0 Å². The van der Waals surface area contributed by atoms with Crippen LogP contribution in [0.5, 0.6) is 0 Å². The first-order valence-corrected chi connectivity index (χ1v) is 7.03. The van der Waals surface area contributed by atoms with Crippen molar-refractivity contribution in [3.63, 3.8) is 0 Å². The van der Waals surface area contributed by atoms with Gasteiger partial charge in [0.05, 0.1) is 29.9 Å². The van der Waals surface area contributed by atoms with E-state index in [0.717, 1.165) is 11.0 Å². The van der Waals surface area contributed by atoms with Crippen molar-refractivity contribution in [1.29, 1.82) is 0 Å². The molecule has 6 heteroatoms. The molecule has 2 unspecified atom stereocenters. The van der Waals surface area contributed by atoms with Crippen LogP contribution in [0.25, 0.3) is 11.0 Å². The molecule has 110 valence electrons. The number of benzene rings is 1. The van der Waals surface area contributed by atoms with Gasteiger partial charge in [0.2, 0.25) is 0 Å². The second-order valence-electron chi connectivity index (χ2n) is 5.26. The van der Waals surface area contributed by atoms with E-state index >= 15 is 0 Å². The van der Waals surface area contributed by atoms with Gasteiger partial charge in [0.15, 0.2) is 0 Å². The fraction of sp³-hybridized carbons (Fsp3) is 0.400. The van der Waals surface area contributed by atoms with Crippen LogP contribution in [0.4, 0.5) is 0 Å². The van der Waals surface area contributed by atoms with Crippen LogP contribution in [0.15, 0.2) is 30.5 Å². The third kappa shape index (κ3) is 2.86. The lowest BCUT2D eigenvalue weighted by Crippen LogP contribution is -2.51. The summed E-state index contributed by atoms with van der Waals surface area (Å²) >= 11 is 0. The maximum atomic E-state index is 12.5. The minimum Gasteiger partial charge on any atom is -0.373 e.